The van der Waals surface area contributed by atoms with E-state index in [4.69, 9.17) is 4.98 Å². The van der Waals surface area contributed by atoms with Gasteiger partial charge in [0.15, 0.2) is 0 Å². The number of nitrogens with zero attached hydrogens (tertiary/aromatic N) is 2. The fourth-order valence-electron chi connectivity index (χ4n) is 2.55. The summed E-state index contributed by atoms with van der Waals surface area (Å²) in [4.78, 5) is 7.73. The van der Waals surface area contributed by atoms with Crippen molar-refractivity contribution < 1.29 is 0 Å². The van der Waals surface area contributed by atoms with Gasteiger partial charge in [-0.05, 0) is 37.0 Å². The molecule has 2 nitrogen and oxygen atoms in total. The summed E-state index contributed by atoms with van der Waals surface area (Å²) in [5.74, 6) is 1.89. The lowest BCUT2D eigenvalue weighted by molar-refractivity contribution is 0.338. The number of alkyl halides is 1. The van der Waals surface area contributed by atoms with Crippen molar-refractivity contribution in [1.29, 1.82) is 0 Å². The molecule has 2 aromatic rings. The van der Waals surface area contributed by atoms with Crippen LogP contribution in [0.15, 0.2) is 36.4 Å². The highest BCUT2D eigenvalue weighted by molar-refractivity contribution is 9.09. The number of para-hydroxylation sites is 1. The van der Waals surface area contributed by atoms with Gasteiger partial charge >= 0.3 is 0 Å². The van der Waals surface area contributed by atoms with Crippen LogP contribution in [0.2, 0.25) is 0 Å². The molecule has 94 valence electrons. The molecule has 1 aromatic heterocycles. The Labute approximate surface area is 116 Å². The molecule has 18 heavy (non-hydrogen) atoms. The number of anilines is 1. The van der Waals surface area contributed by atoms with Gasteiger partial charge in [0.25, 0.3) is 0 Å². The largest absolute Gasteiger partial charge is 0.359 e. The number of hydrogen-bond acceptors (Lipinski definition) is 2. The zero-order valence-electron chi connectivity index (χ0n) is 10.5. The minimum atomic E-state index is 0.737. The van der Waals surface area contributed by atoms with Crippen LogP contribution in [0, 0.1) is 5.92 Å². The third kappa shape index (κ3) is 2.37. The first-order chi connectivity index (χ1) is 8.72. The molecule has 1 fully saturated rings. The van der Waals surface area contributed by atoms with Gasteiger partial charge in [0, 0.05) is 23.8 Å². The lowest BCUT2D eigenvalue weighted by Gasteiger charge is -2.34. The molecule has 0 amide bonds. The maximum atomic E-state index is 4.72. The highest BCUT2D eigenvalue weighted by Crippen LogP contribution is 2.34. The Bertz CT molecular complexity index is 549. The Hall–Kier alpha value is -1.09. The van der Waals surface area contributed by atoms with Gasteiger partial charge in [-0.25, -0.2) is 4.98 Å². The Morgan fingerprint density at radius 1 is 1.22 bits per heavy atom. The first-order valence-electron chi connectivity index (χ1n) is 6.43. The van der Waals surface area contributed by atoms with Gasteiger partial charge < -0.3 is 4.90 Å². The van der Waals surface area contributed by atoms with Crippen LogP contribution in [0.4, 0.5) is 5.82 Å². The molecule has 1 saturated carbocycles. The highest BCUT2D eigenvalue weighted by Gasteiger charge is 2.27. The van der Waals surface area contributed by atoms with E-state index in [1.54, 1.807) is 0 Å². The standard InChI is InChI=1S/C15H17BrN2/c1-18(10-11-8-13(16)9-11)15-7-6-12-4-2-3-5-14(12)17-15/h2-7,11,13H,8-10H2,1H3. The van der Waals surface area contributed by atoms with Crippen molar-refractivity contribution in [2.75, 3.05) is 18.5 Å². The van der Waals surface area contributed by atoms with E-state index in [1.165, 1.54) is 18.2 Å². The van der Waals surface area contributed by atoms with E-state index in [-0.39, 0.29) is 0 Å². The van der Waals surface area contributed by atoms with E-state index in [9.17, 15) is 0 Å². The zero-order valence-corrected chi connectivity index (χ0v) is 12.1. The van der Waals surface area contributed by atoms with Crippen LogP contribution in [0.5, 0.6) is 0 Å². The zero-order chi connectivity index (χ0) is 12.5. The Morgan fingerprint density at radius 3 is 2.78 bits per heavy atom. The van der Waals surface area contributed by atoms with Gasteiger partial charge in [-0.3, -0.25) is 0 Å². The lowest BCUT2D eigenvalue weighted by atomic mass is 9.85. The summed E-state index contributed by atoms with van der Waals surface area (Å²) in [6, 6.07) is 12.5. The maximum Gasteiger partial charge on any atom is 0.128 e. The van der Waals surface area contributed by atoms with Crippen LogP contribution in [0.3, 0.4) is 0 Å². The predicted molar refractivity (Wildman–Crippen MR) is 80.5 cm³/mol. The van der Waals surface area contributed by atoms with Gasteiger partial charge in [-0.15, -0.1) is 0 Å². The van der Waals surface area contributed by atoms with Gasteiger partial charge in [0.05, 0.1) is 5.52 Å². The average Bonchev–Trinajstić information content (AvgIpc) is 2.36. The van der Waals surface area contributed by atoms with Crippen molar-refractivity contribution in [3.05, 3.63) is 36.4 Å². The van der Waals surface area contributed by atoms with Crippen molar-refractivity contribution in [3.8, 4) is 0 Å². The van der Waals surface area contributed by atoms with E-state index >= 15 is 0 Å². The summed E-state index contributed by atoms with van der Waals surface area (Å²) in [5.41, 5.74) is 1.08. The molecule has 0 bridgehead atoms. The van der Waals surface area contributed by atoms with E-state index < -0.39 is 0 Å². The molecule has 0 spiro atoms. The number of rotatable bonds is 3. The molecule has 0 unspecified atom stereocenters. The van der Waals surface area contributed by atoms with E-state index in [0.717, 1.165) is 28.6 Å². The number of benzene rings is 1. The SMILES string of the molecule is CN(CC1CC(Br)C1)c1ccc2ccccc2n1. The number of halogens is 1. The van der Waals surface area contributed by atoms with E-state index in [1.807, 2.05) is 6.07 Å². The van der Waals surface area contributed by atoms with Crippen LogP contribution >= 0.6 is 15.9 Å². The fraction of sp³-hybridized carbons (Fsp3) is 0.400. The summed E-state index contributed by atoms with van der Waals surface area (Å²) >= 11 is 3.65. The average molecular weight is 305 g/mol. The van der Waals surface area contributed by atoms with E-state index in [0.29, 0.717) is 0 Å². The van der Waals surface area contributed by atoms with Crippen LogP contribution < -0.4 is 4.90 Å². The molecule has 1 aromatic carbocycles. The molecule has 1 heterocycles. The first-order valence-corrected chi connectivity index (χ1v) is 7.35. The number of aromatic nitrogens is 1. The molecule has 1 aliphatic rings. The normalized spacial score (nSPS) is 22.8. The summed E-state index contributed by atoms with van der Waals surface area (Å²) in [5, 5.41) is 1.21. The summed E-state index contributed by atoms with van der Waals surface area (Å²) in [7, 11) is 2.14. The first kappa shape index (κ1) is 12.0. The van der Waals surface area contributed by atoms with Gasteiger partial charge in [0.2, 0.25) is 0 Å². The highest BCUT2D eigenvalue weighted by atomic mass is 79.9. The molecule has 0 aliphatic heterocycles. The minimum absolute atomic E-state index is 0.737. The van der Waals surface area contributed by atoms with Gasteiger partial charge in [-0.1, -0.05) is 34.1 Å². The van der Waals surface area contributed by atoms with Crippen LogP contribution in [0.1, 0.15) is 12.8 Å². The fourth-order valence-corrected chi connectivity index (χ4v) is 3.61. The second-order valence-electron chi connectivity index (χ2n) is 5.18. The molecule has 0 saturated heterocycles. The van der Waals surface area contributed by atoms with Crippen LogP contribution in [0.25, 0.3) is 10.9 Å². The summed E-state index contributed by atoms with van der Waals surface area (Å²) in [6.45, 7) is 1.10. The Kier molecular flexibility index (Phi) is 3.25. The number of pyridine rings is 1. The Balaban J connectivity index is 1.76. The molecule has 0 radical (unpaired) electrons. The topological polar surface area (TPSA) is 16.1 Å². The molecule has 0 N–H and O–H groups in total. The maximum absolute atomic E-state index is 4.72. The number of hydrogen-bond donors (Lipinski definition) is 0. The van der Waals surface area contributed by atoms with Crippen molar-refractivity contribution >= 4 is 32.7 Å². The summed E-state index contributed by atoms with van der Waals surface area (Å²) < 4.78 is 0. The molecular formula is C15H17BrN2. The quantitative estimate of drug-likeness (QED) is 0.801. The smallest absolute Gasteiger partial charge is 0.128 e. The molecule has 0 atom stereocenters. The molecular weight excluding hydrogens is 288 g/mol. The molecule has 3 heteroatoms. The second kappa shape index (κ2) is 4.88. The summed E-state index contributed by atoms with van der Waals surface area (Å²) in [6.07, 6.45) is 2.58. The molecule has 1 aliphatic carbocycles. The predicted octanol–water partition coefficient (Wildman–Crippen LogP) is 3.84. The van der Waals surface area contributed by atoms with Gasteiger partial charge in [0.1, 0.15) is 5.82 Å². The monoisotopic (exact) mass is 304 g/mol. The lowest BCUT2D eigenvalue weighted by Crippen LogP contribution is -2.34. The third-order valence-corrected chi connectivity index (χ3v) is 4.43. The number of fused-ring (bicyclic) bond motifs is 1. The van der Waals surface area contributed by atoms with Crippen molar-refractivity contribution in [3.63, 3.8) is 0 Å². The second-order valence-corrected chi connectivity index (χ2v) is 6.47. The van der Waals surface area contributed by atoms with Gasteiger partial charge in [-0.2, -0.15) is 0 Å². The Morgan fingerprint density at radius 2 is 2.00 bits per heavy atom. The van der Waals surface area contributed by atoms with Crippen LogP contribution in [-0.4, -0.2) is 23.4 Å². The minimum Gasteiger partial charge on any atom is -0.359 e. The van der Waals surface area contributed by atoms with Crippen molar-refractivity contribution in [2.24, 2.45) is 5.92 Å². The molecule has 3 rings (SSSR count). The van der Waals surface area contributed by atoms with Crippen LogP contribution in [-0.2, 0) is 0 Å². The van der Waals surface area contributed by atoms with Crippen molar-refractivity contribution in [1.82, 2.24) is 4.98 Å². The van der Waals surface area contributed by atoms with Crippen molar-refractivity contribution in [2.45, 2.75) is 17.7 Å². The van der Waals surface area contributed by atoms with E-state index in [2.05, 4.69) is 58.2 Å². The third-order valence-electron chi connectivity index (χ3n) is 3.69.